The van der Waals surface area contributed by atoms with Crippen LogP contribution in [0.15, 0.2) is 40.6 Å². The second-order valence-corrected chi connectivity index (χ2v) is 7.20. The van der Waals surface area contributed by atoms with Crippen molar-refractivity contribution in [1.82, 2.24) is 0 Å². The fraction of sp³-hybridized carbons (Fsp3) is 0.286. The average Bonchev–Trinajstić information content (AvgIpc) is 2.90. The molecule has 0 radical (unpaired) electrons. The molecule has 0 unspecified atom stereocenters. The van der Waals surface area contributed by atoms with E-state index in [1.54, 1.807) is 11.4 Å². The van der Waals surface area contributed by atoms with Gasteiger partial charge in [0.2, 0.25) is 0 Å². The first-order chi connectivity index (χ1) is 9.52. The van der Waals surface area contributed by atoms with Crippen LogP contribution in [0.4, 0.5) is 5.69 Å². The Labute approximate surface area is 123 Å². The topological polar surface area (TPSA) is 63.4 Å². The number of thiophene rings is 1. The fourth-order valence-electron chi connectivity index (χ4n) is 2.14. The summed E-state index contributed by atoms with van der Waals surface area (Å²) in [6, 6.07) is 9.10. The first-order valence-electron chi connectivity index (χ1n) is 6.37. The summed E-state index contributed by atoms with van der Waals surface area (Å²) in [6.07, 6.45) is 0. The lowest BCUT2D eigenvalue weighted by Gasteiger charge is -2.24. The molecule has 0 saturated carbocycles. The number of hydrogen-bond acceptors (Lipinski definition) is 4. The summed E-state index contributed by atoms with van der Waals surface area (Å²) >= 11 is 1.37. The van der Waals surface area contributed by atoms with Crippen LogP contribution in [0, 0.1) is 6.92 Å². The van der Waals surface area contributed by atoms with E-state index < -0.39 is 10.0 Å². The van der Waals surface area contributed by atoms with Crippen molar-refractivity contribution in [2.24, 2.45) is 5.73 Å². The molecule has 0 saturated heterocycles. The van der Waals surface area contributed by atoms with Crippen molar-refractivity contribution in [3.63, 3.8) is 0 Å². The summed E-state index contributed by atoms with van der Waals surface area (Å²) in [5.41, 5.74) is 7.27. The molecule has 0 bridgehead atoms. The zero-order valence-electron chi connectivity index (χ0n) is 11.5. The molecule has 0 aliphatic rings. The minimum Gasteiger partial charge on any atom is -0.326 e. The highest BCUT2D eigenvalue weighted by Gasteiger charge is 2.27. The third-order valence-electron chi connectivity index (χ3n) is 3.13. The Morgan fingerprint density at radius 3 is 2.55 bits per heavy atom. The number of aryl methyl sites for hydroxylation is 1. The van der Waals surface area contributed by atoms with Gasteiger partial charge in [-0.05, 0) is 36.9 Å². The van der Waals surface area contributed by atoms with Crippen molar-refractivity contribution in [1.29, 1.82) is 0 Å². The molecule has 108 valence electrons. The molecule has 1 aromatic carbocycles. The smallest absolute Gasteiger partial charge is 0.265 e. The molecule has 1 heterocycles. The lowest BCUT2D eigenvalue weighted by molar-refractivity contribution is 0.591. The Morgan fingerprint density at radius 1 is 1.25 bits per heavy atom. The van der Waals surface area contributed by atoms with Crippen molar-refractivity contribution < 1.29 is 8.42 Å². The van der Waals surface area contributed by atoms with E-state index in [9.17, 15) is 8.42 Å². The van der Waals surface area contributed by atoms with Crippen LogP contribution < -0.4 is 10.0 Å². The van der Waals surface area contributed by atoms with Gasteiger partial charge in [-0.15, -0.1) is 11.3 Å². The summed E-state index contributed by atoms with van der Waals surface area (Å²) < 4.78 is 27.1. The van der Waals surface area contributed by atoms with Gasteiger partial charge in [0.1, 0.15) is 4.90 Å². The van der Waals surface area contributed by atoms with E-state index in [2.05, 4.69) is 0 Å². The van der Waals surface area contributed by atoms with Gasteiger partial charge in [0, 0.05) is 18.0 Å². The van der Waals surface area contributed by atoms with E-state index in [0.717, 1.165) is 5.56 Å². The minimum atomic E-state index is -3.56. The summed E-state index contributed by atoms with van der Waals surface area (Å²) in [4.78, 5) is 1.01. The predicted octanol–water partition coefficient (Wildman–Crippen LogP) is 2.73. The highest BCUT2D eigenvalue weighted by atomic mass is 32.2. The summed E-state index contributed by atoms with van der Waals surface area (Å²) in [6.45, 7) is 4.36. The number of sulfonamides is 1. The number of para-hydroxylation sites is 1. The quantitative estimate of drug-likeness (QED) is 0.923. The van der Waals surface area contributed by atoms with Crippen molar-refractivity contribution >= 4 is 27.0 Å². The fourth-order valence-corrected chi connectivity index (χ4v) is 4.99. The van der Waals surface area contributed by atoms with Crippen molar-refractivity contribution in [2.75, 3.05) is 10.8 Å². The molecule has 0 aliphatic heterocycles. The highest BCUT2D eigenvalue weighted by Crippen LogP contribution is 2.30. The van der Waals surface area contributed by atoms with Crippen molar-refractivity contribution in [2.45, 2.75) is 25.3 Å². The lowest BCUT2D eigenvalue weighted by Crippen LogP contribution is -2.31. The number of anilines is 1. The van der Waals surface area contributed by atoms with Gasteiger partial charge in [0.25, 0.3) is 10.0 Å². The number of hydrogen-bond donors (Lipinski definition) is 1. The molecule has 6 heteroatoms. The maximum absolute atomic E-state index is 12.8. The SMILES string of the molecule is CCN(c1ccccc1C)S(=O)(=O)c1ccsc1CN. The Balaban J connectivity index is 2.54. The normalized spacial score (nSPS) is 11.6. The zero-order chi connectivity index (χ0) is 14.8. The van der Waals surface area contributed by atoms with Crippen LogP contribution >= 0.6 is 11.3 Å². The van der Waals surface area contributed by atoms with E-state index in [1.165, 1.54) is 15.6 Å². The van der Waals surface area contributed by atoms with Gasteiger partial charge >= 0.3 is 0 Å². The standard InChI is InChI=1S/C14H18N2O2S2/c1-3-16(12-7-5-4-6-11(12)2)20(17,18)14-8-9-19-13(14)10-15/h4-9H,3,10,15H2,1-2H3. The van der Waals surface area contributed by atoms with Crippen LogP contribution in [0.3, 0.4) is 0 Å². The second-order valence-electron chi connectivity index (χ2n) is 4.37. The van der Waals surface area contributed by atoms with Gasteiger partial charge in [0.05, 0.1) is 5.69 Å². The van der Waals surface area contributed by atoms with Gasteiger partial charge in [0.15, 0.2) is 0 Å². The molecular weight excluding hydrogens is 292 g/mol. The molecule has 20 heavy (non-hydrogen) atoms. The van der Waals surface area contributed by atoms with E-state index in [4.69, 9.17) is 5.73 Å². The number of nitrogens with zero attached hydrogens (tertiary/aromatic N) is 1. The zero-order valence-corrected chi connectivity index (χ0v) is 13.2. The number of nitrogens with two attached hydrogens (primary N) is 1. The Kier molecular flexibility index (Phi) is 4.47. The van der Waals surface area contributed by atoms with Crippen LogP contribution in [0.1, 0.15) is 17.4 Å². The lowest BCUT2D eigenvalue weighted by atomic mass is 10.2. The molecule has 2 rings (SSSR count). The van der Waals surface area contributed by atoms with E-state index in [0.29, 0.717) is 22.0 Å². The Hall–Kier alpha value is -1.37. The summed E-state index contributed by atoms with van der Waals surface area (Å²) in [7, 11) is -3.56. The second kappa shape index (κ2) is 5.95. The monoisotopic (exact) mass is 310 g/mol. The summed E-state index contributed by atoms with van der Waals surface area (Å²) in [5, 5.41) is 1.76. The largest absolute Gasteiger partial charge is 0.326 e. The van der Waals surface area contributed by atoms with E-state index in [1.807, 2.05) is 38.1 Å². The Bertz CT molecular complexity index is 693. The van der Waals surface area contributed by atoms with Gasteiger partial charge < -0.3 is 5.73 Å². The molecule has 2 N–H and O–H groups in total. The van der Waals surface area contributed by atoms with Crippen LogP contribution in [-0.2, 0) is 16.6 Å². The van der Waals surface area contributed by atoms with Crippen LogP contribution in [0.25, 0.3) is 0 Å². The maximum Gasteiger partial charge on any atom is 0.265 e. The predicted molar refractivity (Wildman–Crippen MR) is 83.6 cm³/mol. The molecule has 0 fully saturated rings. The highest BCUT2D eigenvalue weighted by molar-refractivity contribution is 7.93. The van der Waals surface area contributed by atoms with Crippen LogP contribution in [0.2, 0.25) is 0 Å². The molecule has 0 spiro atoms. The molecule has 1 aromatic heterocycles. The molecule has 0 atom stereocenters. The average molecular weight is 310 g/mol. The molecule has 4 nitrogen and oxygen atoms in total. The molecule has 0 amide bonds. The third-order valence-corrected chi connectivity index (χ3v) is 6.18. The van der Waals surface area contributed by atoms with Gasteiger partial charge in [-0.2, -0.15) is 0 Å². The maximum atomic E-state index is 12.8. The Morgan fingerprint density at radius 2 is 1.95 bits per heavy atom. The van der Waals surface area contributed by atoms with E-state index >= 15 is 0 Å². The van der Waals surface area contributed by atoms with Gasteiger partial charge in [-0.1, -0.05) is 18.2 Å². The molecule has 2 aromatic rings. The number of rotatable bonds is 5. The van der Waals surface area contributed by atoms with Crippen molar-refractivity contribution in [3.05, 3.63) is 46.2 Å². The van der Waals surface area contributed by atoms with E-state index in [-0.39, 0.29) is 6.54 Å². The third kappa shape index (κ3) is 2.59. The molecular formula is C14H18N2O2S2. The van der Waals surface area contributed by atoms with Crippen LogP contribution in [-0.4, -0.2) is 15.0 Å². The van der Waals surface area contributed by atoms with Crippen LogP contribution in [0.5, 0.6) is 0 Å². The number of benzene rings is 1. The first-order valence-corrected chi connectivity index (χ1v) is 8.69. The summed E-state index contributed by atoms with van der Waals surface area (Å²) in [5.74, 6) is 0. The molecule has 0 aliphatic carbocycles. The minimum absolute atomic E-state index is 0.234. The van der Waals surface area contributed by atoms with Crippen molar-refractivity contribution in [3.8, 4) is 0 Å². The first kappa shape index (κ1) is 15.0. The van der Waals surface area contributed by atoms with Gasteiger partial charge in [-0.25, -0.2) is 8.42 Å². The van der Waals surface area contributed by atoms with Gasteiger partial charge in [-0.3, -0.25) is 4.31 Å².